The molecule has 2 amide bonds. The van der Waals surface area contributed by atoms with Crippen LogP contribution in [0, 0.1) is 11.6 Å². The van der Waals surface area contributed by atoms with Crippen LogP contribution in [0.3, 0.4) is 0 Å². The summed E-state index contributed by atoms with van der Waals surface area (Å²) in [4.78, 5) is 12.2. The molecule has 1 aromatic heterocycles. The molecule has 0 saturated heterocycles. The lowest BCUT2D eigenvalue weighted by molar-refractivity contribution is 0.260. The zero-order valence-electron chi connectivity index (χ0n) is 13.9. The third-order valence-corrected chi connectivity index (χ3v) is 4.98. The third kappa shape index (κ3) is 4.13. The Morgan fingerprint density at radius 2 is 1.75 bits per heavy atom. The molecule has 28 heavy (non-hydrogen) atoms. The summed E-state index contributed by atoms with van der Waals surface area (Å²) in [6, 6.07) is 9.04. The third-order valence-electron chi connectivity index (χ3n) is 3.64. The number of amides is 2. The molecule has 0 aliphatic carbocycles. The van der Waals surface area contributed by atoms with E-state index in [9.17, 15) is 22.0 Å². The van der Waals surface area contributed by atoms with Crippen LogP contribution in [0.15, 0.2) is 53.4 Å². The highest BCUT2D eigenvalue weighted by atomic mass is 32.2. The van der Waals surface area contributed by atoms with Gasteiger partial charge in [-0.1, -0.05) is 18.9 Å². The van der Waals surface area contributed by atoms with E-state index in [0.29, 0.717) is 0 Å². The number of H-pyrrole nitrogens is 1. The fourth-order valence-electron chi connectivity index (χ4n) is 2.32. The molecule has 146 valence electrons. The number of nitrogens with one attached hydrogen (secondary N) is 2. The van der Waals surface area contributed by atoms with E-state index in [-0.39, 0.29) is 27.7 Å². The number of hydrogen-bond donors (Lipinski definition) is 4. The van der Waals surface area contributed by atoms with Gasteiger partial charge in [0.2, 0.25) is 10.0 Å². The highest BCUT2D eigenvalue weighted by molar-refractivity contribution is 7.89. The van der Waals surface area contributed by atoms with Crippen molar-refractivity contribution in [1.29, 1.82) is 0 Å². The Bertz CT molecular complexity index is 1110. The number of aromatic amines is 1. The van der Waals surface area contributed by atoms with Gasteiger partial charge < -0.3 is 0 Å². The summed E-state index contributed by atoms with van der Waals surface area (Å²) in [5, 5.41) is 13.7. The summed E-state index contributed by atoms with van der Waals surface area (Å²) in [5.74, 6) is -1.52. The molecule has 12 heteroatoms. The number of halogens is 2. The Hall–Kier alpha value is -2.96. The van der Waals surface area contributed by atoms with Gasteiger partial charge in [-0.25, -0.2) is 31.4 Å². The van der Waals surface area contributed by atoms with Crippen molar-refractivity contribution in [1.82, 2.24) is 10.2 Å². The molecule has 0 bridgehead atoms. The number of urea groups is 1. The van der Waals surface area contributed by atoms with Crippen LogP contribution in [0.4, 0.5) is 25.1 Å². The number of thiol groups is 1. The predicted octanol–water partition coefficient (Wildman–Crippen LogP) is 2.89. The summed E-state index contributed by atoms with van der Waals surface area (Å²) in [7, 11) is -3.86. The van der Waals surface area contributed by atoms with Gasteiger partial charge in [-0.3, -0.25) is 10.4 Å². The first kappa shape index (κ1) is 19.8. The highest BCUT2D eigenvalue weighted by Gasteiger charge is 2.18. The van der Waals surface area contributed by atoms with Gasteiger partial charge in [-0.2, -0.15) is 5.10 Å². The second-order valence-electron chi connectivity index (χ2n) is 5.54. The monoisotopic (exact) mass is 425 g/mol. The molecule has 0 saturated carbocycles. The van der Waals surface area contributed by atoms with Gasteiger partial charge in [0.1, 0.15) is 23.1 Å². The van der Waals surface area contributed by atoms with E-state index in [2.05, 4.69) is 28.3 Å². The van der Waals surface area contributed by atoms with Gasteiger partial charge in [-0.05, 0) is 36.4 Å². The van der Waals surface area contributed by atoms with Crippen LogP contribution in [-0.4, -0.2) is 24.6 Å². The lowest BCUT2D eigenvalue weighted by Crippen LogP contribution is -2.27. The van der Waals surface area contributed by atoms with Crippen molar-refractivity contribution in [2.45, 2.75) is 4.90 Å². The number of rotatable bonds is 4. The van der Waals surface area contributed by atoms with Crippen LogP contribution in [0.5, 0.6) is 0 Å². The Labute approximate surface area is 164 Å². The van der Waals surface area contributed by atoms with Crippen LogP contribution in [-0.2, 0) is 10.0 Å². The zero-order chi connectivity index (χ0) is 20.5. The number of hydrogen-bond acceptors (Lipinski definition) is 5. The van der Waals surface area contributed by atoms with Crippen molar-refractivity contribution < 1.29 is 22.0 Å². The van der Waals surface area contributed by atoms with Crippen LogP contribution in [0.2, 0.25) is 0 Å². The van der Waals surface area contributed by atoms with E-state index in [4.69, 9.17) is 5.14 Å². The fourth-order valence-corrected chi connectivity index (χ4v) is 3.02. The minimum atomic E-state index is -3.86. The maximum absolute atomic E-state index is 13.8. The number of primary sulfonamides is 1. The molecular formula is C16H13F2N5O3S2. The van der Waals surface area contributed by atoms with E-state index in [1.165, 1.54) is 36.4 Å². The average Bonchev–Trinajstić information content (AvgIpc) is 3.08. The van der Waals surface area contributed by atoms with Crippen molar-refractivity contribution in [3.05, 3.63) is 60.2 Å². The first-order valence-electron chi connectivity index (χ1n) is 7.59. The number of aromatic nitrogens is 2. The second-order valence-corrected chi connectivity index (χ2v) is 7.51. The SMILES string of the molecule is NS(=O)(=O)c1ccc(N(S)C(=O)Nc2cc(-c3c(F)cccc3F)n[nH]2)cc1. The Morgan fingerprint density at radius 3 is 2.32 bits per heavy atom. The van der Waals surface area contributed by atoms with Gasteiger partial charge in [0.25, 0.3) is 0 Å². The number of anilines is 2. The Kier molecular flexibility index (Phi) is 5.36. The second kappa shape index (κ2) is 7.58. The lowest BCUT2D eigenvalue weighted by atomic mass is 10.1. The van der Waals surface area contributed by atoms with Crippen LogP contribution in [0.1, 0.15) is 0 Å². The number of carbonyl (C=O) groups is 1. The normalized spacial score (nSPS) is 11.3. The zero-order valence-corrected chi connectivity index (χ0v) is 15.6. The van der Waals surface area contributed by atoms with Crippen molar-refractivity contribution in [2.75, 3.05) is 9.62 Å². The minimum Gasteiger partial charge on any atom is -0.292 e. The molecule has 0 spiro atoms. The Balaban J connectivity index is 1.76. The van der Waals surface area contributed by atoms with E-state index < -0.39 is 27.7 Å². The van der Waals surface area contributed by atoms with Gasteiger partial charge in [0, 0.05) is 6.07 Å². The van der Waals surface area contributed by atoms with Gasteiger partial charge in [0.15, 0.2) is 0 Å². The average molecular weight is 425 g/mol. The summed E-state index contributed by atoms with van der Waals surface area (Å²) in [6.07, 6.45) is 0. The van der Waals surface area contributed by atoms with E-state index in [1.54, 1.807) is 0 Å². The quantitative estimate of drug-likeness (QED) is 0.480. The summed E-state index contributed by atoms with van der Waals surface area (Å²) in [6.45, 7) is 0. The fraction of sp³-hybridized carbons (Fsp3) is 0. The van der Waals surface area contributed by atoms with Gasteiger partial charge in [0.05, 0.1) is 16.1 Å². The molecule has 0 aliphatic rings. The van der Waals surface area contributed by atoms with E-state index in [0.717, 1.165) is 16.4 Å². The molecule has 4 N–H and O–H groups in total. The van der Waals surface area contributed by atoms with Crippen molar-refractivity contribution in [3.63, 3.8) is 0 Å². The molecular weight excluding hydrogens is 412 g/mol. The van der Waals surface area contributed by atoms with Crippen LogP contribution in [0.25, 0.3) is 11.3 Å². The smallest absolute Gasteiger partial charge is 0.292 e. The van der Waals surface area contributed by atoms with E-state index in [1.807, 2.05) is 0 Å². The minimum absolute atomic E-state index is 0.0332. The van der Waals surface area contributed by atoms with Crippen molar-refractivity contribution >= 4 is 40.4 Å². The Morgan fingerprint density at radius 1 is 1.14 bits per heavy atom. The molecule has 0 radical (unpaired) electrons. The van der Waals surface area contributed by atoms with Crippen molar-refractivity contribution in [2.24, 2.45) is 5.14 Å². The molecule has 8 nitrogen and oxygen atoms in total. The predicted molar refractivity (Wildman–Crippen MR) is 102 cm³/mol. The molecule has 2 aromatic carbocycles. The summed E-state index contributed by atoms with van der Waals surface area (Å²) in [5.41, 5.74) is -0.109. The standard InChI is InChI=1S/C16H13F2N5O3S2/c17-11-2-1-3-12(18)15(11)13-8-14(22-21-13)20-16(24)23(27)9-4-6-10(7-5-9)28(19,25)26/h1-8,27H,(H2,19,25,26)(H2,20,21,22,24). The first-order chi connectivity index (χ1) is 13.2. The highest BCUT2D eigenvalue weighted by Crippen LogP contribution is 2.26. The number of carbonyl (C=O) groups excluding carboxylic acids is 1. The van der Waals surface area contributed by atoms with Crippen LogP contribution < -0.4 is 14.8 Å². The van der Waals surface area contributed by atoms with Gasteiger partial charge >= 0.3 is 6.03 Å². The topological polar surface area (TPSA) is 121 Å². The molecule has 0 atom stereocenters. The molecule has 0 unspecified atom stereocenters. The van der Waals surface area contributed by atoms with Gasteiger partial charge in [-0.15, -0.1) is 0 Å². The number of nitrogens with two attached hydrogens (primary N) is 1. The molecule has 0 fully saturated rings. The number of benzene rings is 2. The first-order valence-corrected chi connectivity index (χ1v) is 9.54. The molecule has 0 aliphatic heterocycles. The number of sulfonamides is 1. The maximum Gasteiger partial charge on any atom is 0.337 e. The summed E-state index contributed by atoms with van der Waals surface area (Å²) >= 11 is 4.05. The van der Waals surface area contributed by atoms with Crippen molar-refractivity contribution in [3.8, 4) is 11.3 Å². The largest absolute Gasteiger partial charge is 0.337 e. The lowest BCUT2D eigenvalue weighted by Gasteiger charge is -2.16. The molecule has 3 rings (SSSR count). The number of nitrogens with zero attached hydrogens (tertiary/aromatic N) is 2. The maximum atomic E-state index is 13.8. The summed E-state index contributed by atoms with van der Waals surface area (Å²) < 4.78 is 51.1. The molecule has 1 heterocycles. The molecule has 3 aromatic rings. The van der Waals surface area contributed by atoms with E-state index >= 15 is 0 Å². The van der Waals surface area contributed by atoms with Crippen LogP contribution >= 0.6 is 12.8 Å².